The Bertz CT molecular complexity index is 1060. The van der Waals surface area contributed by atoms with E-state index in [2.05, 4.69) is 16.0 Å². The van der Waals surface area contributed by atoms with Gasteiger partial charge in [-0.1, -0.05) is 48.0 Å². The van der Waals surface area contributed by atoms with Crippen molar-refractivity contribution in [2.75, 3.05) is 0 Å². The largest absolute Gasteiger partial charge is 0.249 e. The van der Waals surface area contributed by atoms with Crippen LogP contribution in [0, 0.1) is 6.92 Å². The molecular formula is C21H16ClN3. The monoisotopic (exact) mass is 345 g/mol. The number of hydrogen-bond acceptors (Lipinski definition) is 3. The number of halogens is 1. The molecule has 0 saturated heterocycles. The van der Waals surface area contributed by atoms with Crippen molar-refractivity contribution in [3.8, 4) is 11.5 Å². The minimum atomic E-state index is 0.641. The summed E-state index contributed by atoms with van der Waals surface area (Å²) in [5, 5.41) is 1.81. The van der Waals surface area contributed by atoms with E-state index >= 15 is 0 Å². The van der Waals surface area contributed by atoms with Crippen molar-refractivity contribution >= 4 is 22.5 Å². The van der Waals surface area contributed by atoms with Gasteiger partial charge >= 0.3 is 0 Å². The fraction of sp³-hybridized carbons (Fsp3) is 0.0952. The third-order valence-electron chi connectivity index (χ3n) is 4.15. The van der Waals surface area contributed by atoms with E-state index in [4.69, 9.17) is 16.6 Å². The van der Waals surface area contributed by atoms with Crippen LogP contribution in [0.2, 0.25) is 5.02 Å². The van der Waals surface area contributed by atoms with Crippen molar-refractivity contribution in [2.24, 2.45) is 0 Å². The van der Waals surface area contributed by atoms with E-state index in [0.717, 1.165) is 44.9 Å². The second-order valence-corrected chi connectivity index (χ2v) is 6.43. The van der Waals surface area contributed by atoms with Crippen molar-refractivity contribution in [3.05, 3.63) is 88.7 Å². The predicted molar refractivity (Wildman–Crippen MR) is 102 cm³/mol. The summed E-state index contributed by atoms with van der Waals surface area (Å²) in [6.07, 6.45) is 2.56. The van der Waals surface area contributed by atoms with E-state index in [0.29, 0.717) is 5.82 Å². The van der Waals surface area contributed by atoms with Gasteiger partial charge in [-0.15, -0.1) is 0 Å². The van der Waals surface area contributed by atoms with E-state index in [1.165, 1.54) is 0 Å². The highest BCUT2D eigenvalue weighted by atomic mass is 35.5. The summed E-state index contributed by atoms with van der Waals surface area (Å²) >= 11 is 6.22. The summed E-state index contributed by atoms with van der Waals surface area (Å²) in [6.45, 7) is 2.00. The summed E-state index contributed by atoms with van der Waals surface area (Å²) in [6, 6.07) is 20.0. The average molecular weight is 346 g/mol. The molecular weight excluding hydrogens is 330 g/mol. The SMILES string of the molecule is Cc1ccc(Cc2cccc(-c3ncc4ccccc4n3)n2)cc1Cl. The van der Waals surface area contributed by atoms with Crippen LogP contribution in [-0.4, -0.2) is 15.0 Å². The maximum atomic E-state index is 6.22. The summed E-state index contributed by atoms with van der Waals surface area (Å²) in [4.78, 5) is 13.8. The molecule has 4 rings (SSSR count). The smallest absolute Gasteiger partial charge is 0.178 e. The van der Waals surface area contributed by atoms with Gasteiger partial charge in [-0.2, -0.15) is 0 Å². The van der Waals surface area contributed by atoms with Gasteiger partial charge < -0.3 is 0 Å². The molecule has 0 atom stereocenters. The van der Waals surface area contributed by atoms with Gasteiger partial charge in [0.05, 0.1) is 5.52 Å². The van der Waals surface area contributed by atoms with Crippen LogP contribution >= 0.6 is 11.6 Å². The van der Waals surface area contributed by atoms with Gasteiger partial charge in [0.15, 0.2) is 5.82 Å². The Balaban J connectivity index is 1.67. The van der Waals surface area contributed by atoms with Crippen LogP contribution in [0.15, 0.2) is 66.9 Å². The Morgan fingerprint density at radius 2 is 1.80 bits per heavy atom. The van der Waals surface area contributed by atoms with Gasteiger partial charge in [-0.3, -0.25) is 0 Å². The molecule has 4 aromatic rings. The zero-order valence-corrected chi connectivity index (χ0v) is 14.5. The maximum Gasteiger partial charge on any atom is 0.178 e. The number of fused-ring (bicyclic) bond motifs is 1. The van der Waals surface area contributed by atoms with Crippen LogP contribution in [0.1, 0.15) is 16.8 Å². The van der Waals surface area contributed by atoms with E-state index in [1.54, 1.807) is 0 Å². The van der Waals surface area contributed by atoms with Gasteiger partial charge in [0.25, 0.3) is 0 Å². The molecule has 2 aromatic carbocycles. The topological polar surface area (TPSA) is 38.7 Å². The third-order valence-corrected chi connectivity index (χ3v) is 4.55. The van der Waals surface area contributed by atoms with Crippen LogP contribution in [0.4, 0.5) is 0 Å². The van der Waals surface area contributed by atoms with Crippen LogP contribution < -0.4 is 0 Å². The van der Waals surface area contributed by atoms with E-state index in [-0.39, 0.29) is 0 Å². The van der Waals surface area contributed by atoms with Crippen molar-refractivity contribution in [3.63, 3.8) is 0 Å². The lowest BCUT2D eigenvalue weighted by Crippen LogP contribution is -1.97. The highest BCUT2D eigenvalue weighted by molar-refractivity contribution is 6.31. The Morgan fingerprint density at radius 1 is 0.920 bits per heavy atom. The van der Waals surface area contributed by atoms with Crippen molar-refractivity contribution < 1.29 is 0 Å². The Labute approximate surface area is 151 Å². The molecule has 0 amide bonds. The molecule has 0 bridgehead atoms. The van der Waals surface area contributed by atoms with Gasteiger partial charge in [-0.05, 0) is 42.3 Å². The number of nitrogens with zero attached hydrogens (tertiary/aromatic N) is 3. The molecule has 0 saturated carbocycles. The lowest BCUT2D eigenvalue weighted by Gasteiger charge is -2.06. The summed E-state index contributed by atoms with van der Waals surface area (Å²) in [5.41, 5.74) is 4.89. The van der Waals surface area contributed by atoms with Crippen LogP contribution in [-0.2, 0) is 6.42 Å². The van der Waals surface area contributed by atoms with Crippen LogP contribution in [0.5, 0.6) is 0 Å². The number of pyridine rings is 1. The standard InChI is InChI=1S/C21H16ClN3/c1-14-9-10-15(12-18(14)22)11-17-6-4-8-20(24-17)21-23-13-16-5-2-3-7-19(16)25-21/h2-10,12-13H,11H2,1H3. The zero-order chi connectivity index (χ0) is 17.2. The highest BCUT2D eigenvalue weighted by Gasteiger charge is 2.07. The van der Waals surface area contributed by atoms with Crippen molar-refractivity contribution in [1.82, 2.24) is 15.0 Å². The van der Waals surface area contributed by atoms with Gasteiger partial charge in [0.2, 0.25) is 0 Å². The fourth-order valence-electron chi connectivity index (χ4n) is 2.75. The fourth-order valence-corrected chi connectivity index (χ4v) is 2.96. The molecule has 0 aliphatic carbocycles. The molecule has 2 heterocycles. The van der Waals surface area contributed by atoms with E-state index in [1.807, 2.05) is 67.7 Å². The molecule has 122 valence electrons. The first kappa shape index (κ1) is 15.7. The zero-order valence-electron chi connectivity index (χ0n) is 13.8. The molecule has 0 N–H and O–H groups in total. The first-order valence-corrected chi connectivity index (χ1v) is 8.50. The summed E-state index contributed by atoms with van der Waals surface area (Å²) in [7, 11) is 0. The second kappa shape index (κ2) is 6.61. The van der Waals surface area contributed by atoms with Gasteiger partial charge in [-0.25, -0.2) is 15.0 Å². The number of aryl methyl sites for hydroxylation is 1. The van der Waals surface area contributed by atoms with E-state index < -0.39 is 0 Å². The Morgan fingerprint density at radius 3 is 2.68 bits per heavy atom. The quantitative estimate of drug-likeness (QED) is 0.509. The lowest BCUT2D eigenvalue weighted by molar-refractivity contribution is 1.06. The van der Waals surface area contributed by atoms with Gasteiger partial charge in [0.1, 0.15) is 5.69 Å². The molecule has 0 aliphatic rings. The number of para-hydroxylation sites is 1. The molecule has 4 heteroatoms. The third kappa shape index (κ3) is 3.37. The number of benzene rings is 2. The first-order chi connectivity index (χ1) is 12.2. The van der Waals surface area contributed by atoms with Crippen LogP contribution in [0.3, 0.4) is 0 Å². The molecule has 0 radical (unpaired) electrons. The Hall–Kier alpha value is -2.78. The summed E-state index contributed by atoms with van der Waals surface area (Å²) < 4.78 is 0. The second-order valence-electron chi connectivity index (χ2n) is 6.03. The van der Waals surface area contributed by atoms with E-state index in [9.17, 15) is 0 Å². The maximum absolute atomic E-state index is 6.22. The molecule has 2 aromatic heterocycles. The first-order valence-electron chi connectivity index (χ1n) is 8.12. The molecule has 3 nitrogen and oxygen atoms in total. The predicted octanol–water partition coefficient (Wildman–Crippen LogP) is 5.24. The van der Waals surface area contributed by atoms with Crippen molar-refractivity contribution in [2.45, 2.75) is 13.3 Å². The number of hydrogen-bond donors (Lipinski definition) is 0. The molecule has 0 aliphatic heterocycles. The average Bonchev–Trinajstić information content (AvgIpc) is 2.65. The molecule has 0 spiro atoms. The minimum Gasteiger partial charge on any atom is -0.249 e. The number of rotatable bonds is 3. The minimum absolute atomic E-state index is 0.641. The van der Waals surface area contributed by atoms with Gasteiger partial charge in [0, 0.05) is 28.7 Å². The molecule has 25 heavy (non-hydrogen) atoms. The Kier molecular flexibility index (Phi) is 4.16. The van der Waals surface area contributed by atoms with Crippen molar-refractivity contribution in [1.29, 1.82) is 0 Å². The number of aromatic nitrogens is 3. The molecule has 0 unspecified atom stereocenters. The summed E-state index contributed by atoms with van der Waals surface area (Å²) in [5.74, 6) is 0.641. The highest BCUT2D eigenvalue weighted by Crippen LogP contribution is 2.20. The van der Waals surface area contributed by atoms with Crippen LogP contribution in [0.25, 0.3) is 22.4 Å². The molecule has 0 fully saturated rings. The normalized spacial score (nSPS) is 11.0. The lowest BCUT2D eigenvalue weighted by atomic mass is 10.1.